The van der Waals surface area contributed by atoms with E-state index in [0.29, 0.717) is 0 Å². The topological polar surface area (TPSA) is 41.5 Å². The van der Waals surface area contributed by atoms with Crippen LogP contribution in [0, 0.1) is 6.92 Å². The predicted molar refractivity (Wildman–Crippen MR) is 87.3 cm³/mol. The third-order valence-electron chi connectivity index (χ3n) is 4.01. The molecule has 0 radical (unpaired) electrons. The highest BCUT2D eigenvalue weighted by molar-refractivity contribution is 5.38. The van der Waals surface area contributed by atoms with Crippen molar-refractivity contribution in [2.24, 2.45) is 0 Å². The van der Waals surface area contributed by atoms with Crippen LogP contribution in [0.2, 0.25) is 0 Å². The van der Waals surface area contributed by atoms with Gasteiger partial charge in [-0.25, -0.2) is 9.97 Å². The summed E-state index contributed by atoms with van der Waals surface area (Å²) >= 11 is 0. The minimum Gasteiger partial charge on any atom is -0.435 e. The Hall–Kier alpha value is -2.28. The third kappa shape index (κ3) is 4.38. The fourth-order valence-corrected chi connectivity index (χ4v) is 2.79. The fourth-order valence-electron chi connectivity index (χ4n) is 2.79. The number of piperazine rings is 1. The second-order valence-electron chi connectivity index (χ2n) is 5.75. The second-order valence-corrected chi connectivity index (χ2v) is 5.75. The monoisotopic (exact) mass is 334 g/mol. The van der Waals surface area contributed by atoms with Gasteiger partial charge in [-0.05, 0) is 30.7 Å². The van der Waals surface area contributed by atoms with Crippen LogP contribution in [0.15, 0.2) is 36.5 Å². The Bertz CT molecular complexity index is 658. The molecule has 0 spiro atoms. The van der Waals surface area contributed by atoms with E-state index >= 15 is 0 Å². The van der Waals surface area contributed by atoms with E-state index in [1.54, 1.807) is 18.3 Å². The lowest BCUT2D eigenvalue weighted by Crippen LogP contribution is -2.46. The highest BCUT2D eigenvalue weighted by Gasteiger charge is 2.18. The number of rotatable bonds is 5. The van der Waals surface area contributed by atoms with Crippen LogP contribution >= 0.6 is 0 Å². The van der Waals surface area contributed by atoms with Gasteiger partial charge in [-0.1, -0.05) is 12.1 Å². The van der Waals surface area contributed by atoms with Gasteiger partial charge in [-0.2, -0.15) is 8.78 Å². The van der Waals surface area contributed by atoms with E-state index in [9.17, 15) is 8.78 Å². The zero-order chi connectivity index (χ0) is 16.9. The molecule has 1 aliphatic heterocycles. The molecule has 3 rings (SSSR count). The molecule has 2 aromatic rings. The van der Waals surface area contributed by atoms with Crippen LogP contribution in [0.25, 0.3) is 0 Å². The molecule has 1 aromatic carbocycles. The Balaban J connectivity index is 1.52. The first-order valence-electron chi connectivity index (χ1n) is 7.91. The van der Waals surface area contributed by atoms with Crippen molar-refractivity contribution in [2.45, 2.75) is 20.1 Å². The standard InChI is InChI=1S/C17H20F2N4O/c1-13-20-7-6-16(21-13)23-10-8-22(9-11-23)12-14-2-4-15(5-3-14)24-17(18)19/h2-7,17H,8-12H2,1H3. The fraction of sp³-hybridized carbons (Fsp3) is 0.412. The van der Waals surface area contributed by atoms with Gasteiger partial charge in [-0.15, -0.1) is 0 Å². The average molecular weight is 334 g/mol. The lowest BCUT2D eigenvalue weighted by atomic mass is 10.2. The number of alkyl halides is 2. The van der Waals surface area contributed by atoms with Crippen molar-refractivity contribution in [1.82, 2.24) is 14.9 Å². The number of anilines is 1. The summed E-state index contributed by atoms with van der Waals surface area (Å²) in [6, 6.07) is 8.77. The van der Waals surface area contributed by atoms with Gasteiger partial charge in [0.25, 0.3) is 0 Å². The second kappa shape index (κ2) is 7.53. The van der Waals surface area contributed by atoms with Crippen LogP contribution in [0.1, 0.15) is 11.4 Å². The molecule has 7 heteroatoms. The molecule has 1 saturated heterocycles. The molecular weight excluding hydrogens is 314 g/mol. The van der Waals surface area contributed by atoms with E-state index in [4.69, 9.17) is 0 Å². The predicted octanol–water partition coefficient (Wildman–Crippen LogP) is 2.71. The lowest BCUT2D eigenvalue weighted by molar-refractivity contribution is -0.0498. The van der Waals surface area contributed by atoms with Crippen molar-refractivity contribution < 1.29 is 13.5 Å². The lowest BCUT2D eigenvalue weighted by Gasteiger charge is -2.35. The normalized spacial score (nSPS) is 15.8. The van der Waals surface area contributed by atoms with Crippen molar-refractivity contribution in [3.63, 3.8) is 0 Å². The molecule has 0 bridgehead atoms. The van der Waals surface area contributed by atoms with Crippen LogP contribution in [0.3, 0.4) is 0 Å². The Morgan fingerprint density at radius 3 is 2.42 bits per heavy atom. The maximum atomic E-state index is 12.2. The highest BCUT2D eigenvalue weighted by Crippen LogP contribution is 2.18. The smallest absolute Gasteiger partial charge is 0.387 e. The largest absolute Gasteiger partial charge is 0.435 e. The molecule has 0 unspecified atom stereocenters. The van der Waals surface area contributed by atoms with Crippen LogP contribution in [-0.2, 0) is 6.54 Å². The number of aromatic nitrogens is 2. The van der Waals surface area contributed by atoms with E-state index in [1.165, 1.54) is 0 Å². The van der Waals surface area contributed by atoms with Crippen molar-refractivity contribution >= 4 is 5.82 Å². The van der Waals surface area contributed by atoms with Gasteiger partial charge in [0.05, 0.1) is 0 Å². The van der Waals surface area contributed by atoms with Crippen molar-refractivity contribution in [1.29, 1.82) is 0 Å². The maximum Gasteiger partial charge on any atom is 0.387 e. The van der Waals surface area contributed by atoms with Crippen LogP contribution < -0.4 is 9.64 Å². The number of halogens is 2. The first kappa shape index (κ1) is 16.6. The van der Waals surface area contributed by atoms with Crippen molar-refractivity contribution in [3.8, 4) is 5.75 Å². The van der Waals surface area contributed by atoms with Crippen LogP contribution in [0.4, 0.5) is 14.6 Å². The zero-order valence-corrected chi connectivity index (χ0v) is 13.5. The van der Waals surface area contributed by atoms with Crippen molar-refractivity contribution in [3.05, 3.63) is 47.9 Å². The number of aryl methyl sites for hydroxylation is 1. The molecule has 0 N–H and O–H groups in total. The molecular formula is C17H20F2N4O. The number of hydrogen-bond donors (Lipinski definition) is 0. The first-order valence-corrected chi connectivity index (χ1v) is 7.91. The van der Waals surface area contributed by atoms with Gasteiger partial charge in [0, 0.05) is 38.9 Å². The SMILES string of the molecule is Cc1nccc(N2CCN(Cc3ccc(OC(F)F)cc3)CC2)n1. The summed E-state index contributed by atoms with van der Waals surface area (Å²) in [4.78, 5) is 13.2. The summed E-state index contributed by atoms with van der Waals surface area (Å²) in [5.74, 6) is 1.94. The molecule has 0 atom stereocenters. The molecule has 0 saturated carbocycles. The van der Waals surface area contributed by atoms with Crippen molar-refractivity contribution in [2.75, 3.05) is 31.1 Å². The van der Waals surface area contributed by atoms with E-state index in [1.807, 2.05) is 25.1 Å². The highest BCUT2D eigenvalue weighted by atomic mass is 19.3. The Morgan fingerprint density at radius 1 is 1.08 bits per heavy atom. The number of benzene rings is 1. The van der Waals surface area contributed by atoms with E-state index in [2.05, 4.69) is 24.5 Å². The summed E-state index contributed by atoms with van der Waals surface area (Å²) in [5, 5.41) is 0. The number of nitrogens with zero attached hydrogens (tertiary/aromatic N) is 4. The summed E-state index contributed by atoms with van der Waals surface area (Å²) in [6.45, 7) is 3.57. The number of hydrogen-bond acceptors (Lipinski definition) is 5. The average Bonchev–Trinajstić information content (AvgIpc) is 2.57. The van der Waals surface area contributed by atoms with Gasteiger partial charge in [0.2, 0.25) is 0 Å². The Kier molecular flexibility index (Phi) is 5.20. The van der Waals surface area contributed by atoms with Crippen LogP contribution in [-0.4, -0.2) is 47.7 Å². The summed E-state index contributed by atoms with van der Waals surface area (Å²) < 4.78 is 28.7. The Labute approximate surface area is 139 Å². The van der Waals surface area contributed by atoms with Gasteiger partial charge >= 0.3 is 6.61 Å². The van der Waals surface area contributed by atoms with E-state index in [-0.39, 0.29) is 5.75 Å². The molecule has 0 aliphatic carbocycles. The maximum absolute atomic E-state index is 12.2. The van der Waals surface area contributed by atoms with Gasteiger partial charge in [0.15, 0.2) is 0 Å². The molecule has 5 nitrogen and oxygen atoms in total. The van der Waals surface area contributed by atoms with Gasteiger partial charge < -0.3 is 9.64 Å². The minimum absolute atomic E-state index is 0.192. The summed E-state index contributed by atoms with van der Waals surface area (Å²) in [6.07, 6.45) is 1.78. The molecule has 1 aromatic heterocycles. The minimum atomic E-state index is -2.78. The molecule has 1 aliphatic rings. The van der Waals surface area contributed by atoms with Gasteiger partial charge in [0.1, 0.15) is 17.4 Å². The third-order valence-corrected chi connectivity index (χ3v) is 4.01. The summed E-state index contributed by atoms with van der Waals surface area (Å²) in [5.41, 5.74) is 1.09. The molecule has 2 heterocycles. The summed E-state index contributed by atoms with van der Waals surface area (Å²) in [7, 11) is 0. The van der Waals surface area contributed by atoms with Crippen LogP contribution in [0.5, 0.6) is 5.75 Å². The first-order chi connectivity index (χ1) is 11.6. The molecule has 128 valence electrons. The molecule has 0 amide bonds. The van der Waals surface area contributed by atoms with E-state index < -0.39 is 6.61 Å². The quantitative estimate of drug-likeness (QED) is 0.841. The molecule has 24 heavy (non-hydrogen) atoms. The number of ether oxygens (including phenoxy) is 1. The Morgan fingerprint density at radius 2 is 1.79 bits per heavy atom. The van der Waals surface area contributed by atoms with E-state index in [0.717, 1.165) is 49.9 Å². The molecule has 1 fully saturated rings. The van der Waals surface area contributed by atoms with Gasteiger partial charge in [-0.3, -0.25) is 4.90 Å². The zero-order valence-electron chi connectivity index (χ0n) is 13.5.